The molecule has 0 unspecified atom stereocenters. The first kappa shape index (κ1) is 23.8. The number of nitrogens with zero attached hydrogens (tertiary/aromatic N) is 2. The lowest BCUT2D eigenvalue weighted by Gasteiger charge is -2.35. The lowest BCUT2D eigenvalue weighted by Crippen LogP contribution is -2.49. The maximum atomic E-state index is 14.0. The first-order valence-electron chi connectivity index (χ1n) is 11.3. The van der Waals surface area contributed by atoms with Gasteiger partial charge >= 0.3 is 0 Å². The molecule has 0 bridgehead atoms. The Labute approximate surface area is 185 Å². The van der Waals surface area contributed by atoms with E-state index in [0.29, 0.717) is 12.6 Å². The van der Waals surface area contributed by atoms with E-state index in [1.54, 1.807) is 19.2 Å². The van der Waals surface area contributed by atoms with E-state index in [9.17, 15) is 4.39 Å². The molecular weight excluding hydrogens is 399 g/mol. The number of rotatable bonds is 8. The average Bonchev–Trinajstić information content (AvgIpc) is 2.80. The molecule has 2 saturated heterocycles. The Kier molecular flexibility index (Phi) is 8.92. The second-order valence-electron chi connectivity index (χ2n) is 8.36. The highest BCUT2D eigenvalue weighted by molar-refractivity contribution is 5.80. The zero-order valence-corrected chi connectivity index (χ0v) is 19.1. The molecule has 0 aromatic heterocycles. The summed E-state index contributed by atoms with van der Waals surface area (Å²) < 4.78 is 30.2. The van der Waals surface area contributed by atoms with Crippen molar-refractivity contribution in [1.82, 2.24) is 15.5 Å². The molecule has 174 valence electrons. The number of likely N-dealkylation sites (tertiary alicyclic amines) is 1. The monoisotopic (exact) mass is 436 g/mol. The SMILES string of the molecule is CCNC(=NCC1(OC)CCOCC1)NC1CCN(Cc2ccc(OC)c(F)c2)CC1. The van der Waals surface area contributed by atoms with E-state index in [1.165, 1.54) is 7.11 Å². The van der Waals surface area contributed by atoms with Gasteiger partial charge < -0.3 is 24.8 Å². The van der Waals surface area contributed by atoms with Crippen LogP contribution in [0.2, 0.25) is 0 Å². The highest BCUT2D eigenvalue weighted by atomic mass is 19.1. The molecule has 8 heteroatoms. The largest absolute Gasteiger partial charge is 0.494 e. The Bertz CT molecular complexity index is 717. The fraction of sp³-hybridized carbons (Fsp3) is 0.696. The van der Waals surface area contributed by atoms with Crippen LogP contribution in [-0.4, -0.2) is 76.1 Å². The number of hydrogen-bond donors (Lipinski definition) is 2. The Balaban J connectivity index is 1.50. The summed E-state index contributed by atoms with van der Waals surface area (Å²) in [5, 5.41) is 6.96. The third-order valence-electron chi connectivity index (χ3n) is 6.26. The fourth-order valence-corrected chi connectivity index (χ4v) is 4.21. The molecule has 31 heavy (non-hydrogen) atoms. The number of aliphatic imine (C=N–C) groups is 1. The van der Waals surface area contributed by atoms with Crippen molar-refractivity contribution in [3.8, 4) is 5.75 Å². The summed E-state index contributed by atoms with van der Waals surface area (Å²) >= 11 is 0. The summed E-state index contributed by atoms with van der Waals surface area (Å²) in [5.41, 5.74) is 0.748. The molecule has 0 saturated carbocycles. The highest BCUT2D eigenvalue weighted by Crippen LogP contribution is 2.25. The number of methoxy groups -OCH3 is 2. The van der Waals surface area contributed by atoms with Gasteiger partial charge in [0.1, 0.15) is 0 Å². The second kappa shape index (κ2) is 11.6. The number of hydrogen-bond acceptors (Lipinski definition) is 5. The second-order valence-corrected chi connectivity index (χ2v) is 8.36. The van der Waals surface area contributed by atoms with Gasteiger partial charge in [-0.05, 0) is 37.5 Å². The number of nitrogens with one attached hydrogen (secondary N) is 2. The summed E-state index contributed by atoms with van der Waals surface area (Å²) in [6.07, 6.45) is 3.78. The fourth-order valence-electron chi connectivity index (χ4n) is 4.21. The van der Waals surface area contributed by atoms with Crippen LogP contribution >= 0.6 is 0 Å². The molecule has 0 aliphatic carbocycles. The molecule has 2 aliphatic rings. The van der Waals surface area contributed by atoms with Crippen LogP contribution in [0, 0.1) is 5.82 Å². The van der Waals surface area contributed by atoms with E-state index in [0.717, 1.165) is 76.6 Å². The van der Waals surface area contributed by atoms with Gasteiger partial charge in [0.2, 0.25) is 0 Å². The van der Waals surface area contributed by atoms with Crippen LogP contribution in [0.5, 0.6) is 5.75 Å². The number of piperidine rings is 1. The third kappa shape index (κ3) is 6.79. The molecule has 2 heterocycles. The molecule has 1 aromatic rings. The van der Waals surface area contributed by atoms with Gasteiger partial charge in [0.15, 0.2) is 17.5 Å². The van der Waals surface area contributed by atoms with Crippen LogP contribution in [0.25, 0.3) is 0 Å². The van der Waals surface area contributed by atoms with Crippen molar-refractivity contribution < 1.29 is 18.6 Å². The molecule has 2 fully saturated rings. The Hall–Kier alpha value is -1.90. The summed E-state index contributed by atoms with van der Waals surface area (Å²) in [5.74, 6) is 0.834. The predicted octanol–water partition coefficient (Wildman–Crippen LogP) is 2.55. The van der Waals surface area contributed by atoms with Gasteiger partial charge in [0.25, 0.3) is 0 Å². The lowest BCUT2D eigenvalue weighted by atomic mass is 9.94. The molecule has 2 N–H and O–H groups in total. The number of ether oxygens (including phenoxy) is 3. The van der Waals surface area contributed by atoms with Crippen molar-refractivity contribution >= 4 is 5.96 Å². The van der Waals surface area contributed by atoms with Crippen LogP contribution in [0.1, 0.15) is 38.2 Å². The minimum Gasteiger partial charge on any atom is -0.494 e. The maximum Gasteiger partial charge on any atom is 0.191 e. The van der Waals surface area contributed by atoms with Crippen molar-refractivity contribution in [3.63, 3.8) is 0 Å². The Morgan fingerprint density at radius 1 is 1.26 bits per heavy atom. The summed E-state index contributed by atoms with van der Waals surface area (Å²) in [7, 11) is 3.26. The van der Waals surface area contributed by atoms with Gasteiger partial charge in [-0.1, -0.05) is 6.07 Å². The standard InChI is InChI=1S/C23H37FN4O3/c1-4-25-22(26-17-23(30-3)9-13-31-14-10-23)27-19-7-11-28(12-8-19)16-18-5-6-21(29-2)20(24)15-18/h5-6,15,19H,4,7-14,16-17H2,1-3H3,(H2,25,26,27). The van der Waals surface area contributed by atoms with Crippen LogP contribution in [0.3, 0.4) is 0 Å². The zero-order chi connectivity index (χ0) is 22.1. The van der Waals surface area contributed by atoms with E-state index in [2.05, 4.69) is 22.5 Å². The first-order valence-corrected chi connectivity index (χ1v) is 11.3. The Morgan fingerprint density at radius 2 is 2.00 bits per heavy atom. The molecule has 3 rings (SSSR count). The molecule has 0 radical (unpaired) electrons. The van der Waals surface area contributed by atoms with Crippen molar-refractivity contribution in [2.24, 2.45) is 4.99 Å². The normalized spacial score (nSPS) is 20.5. The van der Waals surface area contributed by atoms with Crippen LogP contribution < -0.4 is 15.4 Å². The Morgan fingerprint density at radius 3 is 2.61 bits per heavy atom. The van der Waals surface area contributed by atoms with Crippen LogP contribution in [-0.2, 0) is 16.0 Å². The van der Waals surface area contributed by atoms with Crippen molar-refractivity contribution in [2.75, 3.05) is 53.6 Å². The molecule has 0 amide bonds. The lowest BCUT2D eigenvalue weighted by molar-refractivity contribution is -0.0828. The van der Waals surface area contributed by atoms with Gasteiger partial charge in [-0.15, -0.1) is 0 Å². The minimum absolute atomic E-state index is 0.225. The van der Waals surface area contributed by atoms with E-state index >= 15 is 0 Å². The molecule has 0 spiro atoms. The average molecular weight is 437 g/mol. The molecule has 1 aromatic carbocycles. The molecular formula is C23H37FN4O3. The van der Waals surface area contributed by atoms with Crippen molar-refractivity contribution in [3.05, 3.63) is 29.6 Å². The topological polar surface area (TPSA) is 67.4 Å². The summed E-state index contributed by atoms with van der Waals surface area (Å²) in [6.45, 7) is 7.65. The van der Waals surface area contributed by atoms with Crippen molar-refractivity contribution in [2.45, 2.75) is 50.8 Å². The van der Waals surface area contributed by atoms with Gasteiger partial charge in [-0.25, -0.2) is 4.39 Å². The number of halogens is 1. The molecule has 0 atom stereocenters. The van der Waals surface area contributed by atoms with Crippen LogP contribution in [0.15, 0.2) is 23.2 Å². The third-order valence-corrected chi connectivity index (χ3v) is 6.26. The van der Waals surface area contributed by atoms with Gasteiger partial charge in [0, 0.05) is 65.4 Å². The summed E-state index contributed by atoms with van der Waals surface area (Å²) in [6, 6.07) is 5.57. The number of guanidine groups is 1. The van der Waals surface area contributed by atoms with E-state index < -0.39 is 0 Å². The molecule has 7 nitrogen and oxygen atoms in total. The van der Waals surface area contributed by atoms with E-state index in [-0.39, 0.29) is 17.2 Å². The molecule has 2 aliphatic heterocycles. The van der Waals surface area contributed by atoms with Gasteiger partial charge in [-0.2, -0.15) is 0 Å². The van der Waals surface area contributed by atoms with E-state index in [1.807, 2.05) is 6.07 Å². The van der Waals surface area contributed by atoms with Crippen molar-refractivity contribution in [1.29, 1.82) is 0 Å². The van der Waals surface area contributed by atoms with Gasteiger partial charge in [0.05, 0.1) is 19.3 Å². The zero-order valence-electron chi connectivity index (χ0n) is 19.1. The predicted molar refractivity (Wildman–Crippen MR) is 120 cm³/mol. The first-order chi connectivity index (χ1) is 15.1. The highest BCUT2D eigenvalue weighted by Gasteiger charge is 2.32. The van der Waals surface area contributed by atoms with Crippen LogP contribution in [0.4, 0.5) is 4.39 Å². The minimum atomic E-state index is -0.304. The number of benzene rings is 1. The van der Waals surface area contributed by atoms with E-state index in [4.69, 9.17) is 19.2 Å². The van der Waals surface area contributed by atoms with Gasteiger partial charge in [-0.3, -0.25) is 9.89 Å². The maximum absolute atomic E-state index is 14.0. The summed E-state index contributed by atoms with van der Waals surface area (Å²) in [4.78, 5) is 7.20. The smallest absolute Gasteiger partial charge is 0.191 e. The quantitative estimate of drug-likeness (QED) is 0.482.